The summed E-state index contributed by atoms with van der Waals surface area (Å²) in [6, 6.07) is 30.2. The molecule has 18 bridgehead atoms. The molecule has 3 aromatic rings. The quantitative estimate of drug-likeness (QED) is 0.0814. The second-order valence-electron chi connectivity index (χ2n) is 34.7. The Hall–Kier alpha value is -4.67. The predicted octanol–water partition coefficient (Wildman–Crippen LogP) is 16.8. The Morgan fingerprint density at radius 3 is 2.46 bits per heavy atom. The van der Waals surface area contributed by atoms with E-state index in [9.17, 15) is 20.4 Å². The minimum absolute atomic E-state index is 0.0823. The minimum Gasteiger partial charge on any atom is -0.516 e. The van der Waals surface area contributed by atoms with Crippen molar-refractivity contribution in [3.8, 4) is 0 Å². The Balaban J connectivity index is 0.911. The summed E-state index contributed by atoms with van der Waals surface area (Å²) < 4.78 is 0. The Kier molecular flexibility index (Phi) is 15.7. The molecule has 9 heteroatoms. The summed E-state index contributed by atoms with van der Waals surface area (Å²) in [6.45, 7) is 11.6. The molecule has 0 radical (unpaired) electrons. The zero-order chi connectivity index (χ0) is 64.2. The second-order valence-corrected chi connectivity index (χ2v) is 37.2. The van der Waals surface area contributed by atoms with E-state index in [0.717, 1.165) is 120 Å². The molecule has 7 nitrogen and oxygen atoms in total. The summed E-state index contributed by atoms with van der Waals surface area (Å²) >= 11 is 0. The van der Waals surface area contributed by atoms with Crippen LogP contribution in [0.5, 0.6) is 0 Å². The van der Waals surface area contributed by atoms with Gasteiger partial charge < -0.3 is 31.1 Å². The van der Waals surface area contributed by atoms with Gasteiger partial charge in [-0.2, -0.15) is 0 Å². The summed E-state index contributed by atoms with van der Waals surface area (Å²) in [5, 5.41) is 61.8. The Morgan fingerprint density at radius 1 is 0.819 bits per heavy atom. The lowest BCUT2D eigenvalue weighted by molar-refractivity contribution is -0.206. The van der Waals surface area contributed by atoms with Gasteiger partial charge in [0.1, 0.15) is 0 Å². The van der Waals surface area contributed by atoms with E-state index >= 15 is 4.79 Å². The van der Waals surface area contributed by atoms with Crippen molar-refractivity contribution in [1.29, 1.82) is 0 Å². The average Bonchev–Trinajstić information content (AvgIpc) is 1.15. The fourth-order valence-corrected chi connectivity index (χ4v) is 30.1. The monoisotopic (exact) mass is 1300 g/mol. The molecule has 1 saturated heterocycles. The van der Waals surface area contributed by atoms with Crippen molar-refractivity contribution in [3.63, 3.8) is 0 Å². The van der Waals surface area contributed by atoms with E-state index in [1.165, 1.54) is 101 Å². The van der Waals surface area contributed by atoms with E-state index in [-0.39, 0.29) is 45.3 Å². The first-order valence-corrected chi connectivity index (χ1v) is 40.2. The van der Waals surface area contributed by atoms with Crippen molar-refractivity contribution in [1.82, 2.24) is 10.6 Å². The highest BCUT2D eigenvalue weighted by Gasteiger charge is 2.83. The van der Waals surface area contributed by atoms with Crippen molar-refractivity contribution < 1.29 is 25.2 Å². The number of benzene rings is 3. The Labute approximate surface area is 568 Å². The molecular formula is C85H106N2O5S2. The van der Waals surface area contributed by atoms with Gasteiger partial charge in [0, 0.05) is 58.1 Å². The molecule has 7 fully saturated rings. The number of aliphatic hydroxyl groups is 3. The lowest BCUT2D eigenvalue weighted by Gasteiger charge is -2.77. The first-order valence-electron chi connectivity index (χ1n) is 37.7. The molecule has 18 atom stereocenters. The van der Waals surface area contributed by atoms with Crippen molar-refractivity contribution in [2.45, 2.75) is 194 Å². The van der Waals surface area contributed by atoms with Crippen LogP contribution >= 0.6 is 21.6 Å². The van der Waals surface area contributed by atoms with Gasteiger partial charge in [0.2, 0.25) is 0 Å². The third-order valence-corrected chi connectivity index (χ3v) is 32.9. The number of aliphatic carboxylic acids is 1. The molecule has 3 aromatic carbocycles. The van der Waals surface area contributed by atoms with Crippen LogP contribution in [0.2, 0.25) is 0 Å². The normalized spacial score (nSPS) is 42.5. The molecule has 0 amide bonds. The molecule has 7 heterocycles. The molecule has 4 spiro atoms. The zero-order valence-corrected chi connectivity index (χ0v) is 58.4. The standard InChI is InChI=1S/C85H106N2O5S2/c1-52(2)35-62-28-30-79(3)74(90)29-31-84-70-39-57-20-11-12-22-66(57)68-38-54-17-13-21-56(37-54)58-25-27-75(87-47-58)86-34-14-23-65(55-18-9-6-10-19-55)59(48-88)24-26-67(77(91)92)76-73(89)46-85-72(45-82(62,78(79)84)44-69(68)70)71(84)41-63(80(76,85)4)40-64-50-94-93-49-61-43-81(32-33-83(64,85)51-81)42-60(61)36-53-15-7-5-8-16-53/h5,7-8,11-13,15-17,20-22,25,27-28,37,39,44,48,52,55,60-61,63-65,67,70,73-74,76,78,86-90H,6,9-10,14,18-19,23-24,26,29-36,38,40-43,45-47,49-51H2,1-4H3,(H,91,92). The van der Waals surface area contributed by atoms with Crippen LogP contribution in [0.3, 0.4) is 0 Å². The maximum atomic E-state index is 15.1. The molecule has 6 saturated carbocycles. The van der Waals surface area contributed by atoms with Gasteiger partial charge in [-0.25, -0.2) is 0 Å². The number of carboxylic acids is 1. The number of dihydropyridines is 1. The topological polar surface area (TPSA) is 122 Å². The van der Waals surface area contributed by atoms with Gasteiger partial charge >= 0.3 is 5.97 Å². The number of hydrogen-bond donors (Lipinski definition) is 6. The number of carboxylic acid groups (broad SMARTS) is 1. The van der Waals surface area contributed by atoms with Crippen LogP contribution < -0.4 is 21.1 Å². The van der Waals surface area contributed by atoms with Crippen LogP contribution in [-0.2, 0) is 17.6 Å². The van der Waals surface area contributed by atoms with Crippen LogP contribution in [0.4, 0.5) is 0 Å². The van der Waals surface area contributed by atoms with Crippen LogP contribution in [0.15, 0.2) is 143 Å². The van der Waals surface area contributed by atoms with E-state index in [1.54, 1.807) is 16.7 Å². The number of rotatable bonds is 6. The van der Waals surface area contributed by atoms with Gasteiger partial charge in [0.25, 0.3) is 0 Å². The lowest BCUT2D eigenvalue weighted by Crippen LogP contribution is -2.72. The van der Waals surface area contributed by atoms with Gasteiger partial charge in [-0.15, -0.1) is 0 Å². The highest BCUT2D eigenvalue weighted by atomic mass is 33.1. The third-order valence-electron chi connectivity index (χ3n) is 30.3. The van der Waals surface area contributed by atoms with E-state index in [4.69, 9.17) is 0 Å². The molecule has 0 aromatic heterocycles. The van der Waals surface area contributed by atoms with E-state index in [1.807, 2.05) is 0 Å². The summed E-state index contributed by atoms with van der Waals surface area (Å²) in [5.74, 6) is 4.59. The summed E-state index contributed by atoms with van der Waals surface area (Å²) in [5.41, 5.74) is 12.3. The molecule has 21 rings (SSSR count). The summed E-state index contributed by atoms with van der Waals surface area (Å²) in [4.78, 5) is 15.1. The number of carbonyl (C=O) groups is 1. The highest BCUT2D eigenvalue weighted by Crippen LogP contribution is 2.89. The van der Waals surface area contributed by atoms with Gasteiger partial charge in [-0.1, -0.05) is 188 Å². The summed E-state index contributed by atoms with van der Waals surface area (Å²) in [6.07, 6.45) is 37.1. The van der Waals surface area contributed by atoms with Crippen LogP contribution in [0.1, 0.15) is 186 Å². The minimum atomic E-state index is -0.791. The molecule has 94 heavy (non-hydrogen) atoms. The first-order chi connectivity index (χ1) is 45.6. The average molecular weight is 1300 g/mol. The molecule has 498 valence electrons. The van der Waals surface area contributed by atoms with Crippen molar-refractivity contribution >= 4 is 44.8 Å². The Morgan fingerprint density at radius 2 is 1.65 bits per heavy atom. The van der Waals surface area contributed by atoms with E-state index < -0.39 is 46.3 Å². The number of nitrogens with one attached hydrogen (secondary N) is 2. The summed E-state index contributed by atoms with van der Waals surface area (Å²) in [7, 11) is 4.35. The van der Waals surface area contributed by atoms with Gasteiger partial charge in [0.05, 0.1) is 30.2 Å². The predicted molar refractivity (Wildman–Crippen MR) is 384 cm³/mol. The fourth-order valence-electron chi connectivity index (χ4n) is 27.1. The highest BCUT2D eigenvalue weighted by molar-refractivity contribution is 8.76. The van der Waals surface area contributed by atoms with Crippen molar-refractivity contribution in [2.75, 3.05) is 24.6 Å². The third kappa shape index (κ3) is 9.25. The molecule has 18 aliphatic rings. The molecule has 7 aliphatic heterocycles. The van der Waals surface area contributed by atoms with Crippen molar-refractivity contribution in [2.24, 2.45) is 103 Å². The SMILES string of the molecule is CC(C)CC1=CCC2(C)C(O)CCC34C5=C6CC1(C=C1C(=c7ccccc7=CC13)Cc1cccc(c1)C1=CC=C(NCCCC(C3CCCCC3)C(=CO)CCC(C(=O)O)C3C(O)CC67C68CCC9(CC(CSSCC6CC(C5)C37C)C(Cc3ccccc3)C9)C8)NC1)C24. The zero-order valence-electron chi connectivity index (χ0n) is 56.8. The van der Waals surface area contributed by atoms with Crippen LogP contribution in [0, 0.1) is 103 Å². The van der Waals surface area contributed by atoms with Gasteiger partial charge in [-0.05, 0) is 254 Å². The maximum absolute atomic E-state index is 15.1. The van der Waals surface area contributed by atoms with Crippen LogP contribution in [-0.4, -0.2) is 63.2 Å². The lowest BCUT2D eigenvalue weighted by atomic mass is 9.26. The number of aliphatic hydroxyl groups excluding tert-OH is 3. The van der Waals surface area contributed by atoms with Crippen LogP contribution in [0.25, 0.3) is 17.2 Å². The molecular weight excluding hydrogens is 1190 g/mol. The smallest absolute Gasteiger partial charge is 0.306 e. The second kappa shape index (κ2) is 23.5. The van der Waals surface area contributed by atoms with E-state index in [0.29, 0.717) is 48.9 Å². The number of fused-ring (bicyclic) bond motifs is 2. The number of allylic oxidation sites excluding steroid dienone is 9. The molecule has 18 unspecified atom stereocenters. The van der Waals surface area contributed by atoms with Gasteiger partial charge in [0.15, 0.2) is 0 Å². The number of hydrogen-bond acceptors (Lipinski definition) is 8. The maximum Gasteiger partial charge on any atom is 0.306 e. The fraction of sp³-hybridized carbons (Fsp3) is 0.612. The van der Waals surface area contributed by atoms with E-state index in [2.05, 4.69) is 169 Å². The molecule has 11 aliphatic carbocycles. The Bertz CT molecular complexity index is 3850. The largest absolute Gasteiger partial charge is 0.516 e. The first kappa shape index (κ1) is 62.8. The van der Waals surface area contributed by atoms with Gasteiger partial charge in [-0.3, -0.25) is 4.79 Å². The molecule has 6 N–H and O–H groups in total. The van der Waals surface area contributed by atoms with Crippen molar-refractivity contribution in [3.05, 3.63) is 170 Å².